The highest BCUT2D eigenvalue weighted by Gasteiger charge is 2.26. The van der Waals surface area contributed by atoms with E-state index in [1.165, 1.54) is 0 Å². The number of hydrogen-bond donors (Lipinski definition) is 1. The molecular weight excluding hydrogens is 318 g/mol. The summed E-state index contributed by atoms with van der Waals surface area (Å²) in [7, 11) is 0. The molecule has 0 saturated carbocycles. The van der Waals surface area contributed by atoms with Gasteiger partial charge in [-0.1, -0.05) is 25.1 Å². The molecule has 134 valence electrons. The van der Waals surface area contributed by atoms with Crippen molar-refractivity contribution in [2.24, 2.45) is 11.8 Å². The molecule has 0 radical (unpaired) electrons. The number of nitrogens with zero attached hydrogens (tertiary/aromatic N) is 4. The average molecular weight is 343 g/mol. The molecule has 0 spiro atoms. The number of carbonyl (C=O) groups excluding carboxylic acids is 1. The minimum atomic E-state index is -0.0437. The lowest BCUT2D eigenvalue weighted by Gasteiger charge is -2.32. The summed E-state index contributed by atoms with van der Waals surface area (Å²) in [4.78, 5) is 23.4. The highest BCUT2D eigenvalue weighted by Crippen LogP contribution is 2.21. The Morgan fingerprint density at radius 2 is 2.32 bits per heavy atom. The van der Waals surface area contributed by atoms with Crippen molar-refractivity contribution in [3.63, 3.8) is 0 Å². The van der Waals surface area contributed by atoms with Crippen LogP contribution in [0.3, 0.4) is 0 Å². The van der Waals surface area contributed by atoms with Crippen LogP contribution < -0.4 is 10.2 Å². The van der Waals surface area contributed by atoms with Crippen LogP contribution in [0.2, 0.25) is 0 Å². The molecule has 0 bridgehead atoms. The molecule has 1 aliphatic rings. The maximum absolute atomic E-state index is 12.5. The van der Waals surface area contributed by atoms with Gasteiger partial charge in [0.15, 0.2) is 5.82 Å². The van der Waals surface area contributed by atoms with Crippen LogP contribution in [-0.2, 0) is 17.8 Å². The van der Waals surface area contributed by atoms with E-state index in [0.29, 0.717) is 30.7 Å². The first-order valence-electron chi connectivity index (χ1n) is 8.87. The minimum absolute atomic E-state index is 0.0378. The SMILES string of the molecule is CC(C)Cc1nc(CNC(=O)C2CCCN(c3ccccn3)C2)no1. The summed E-state index contributed by atoms with van der Waals surface area (Å²) >= 11 is 0. The van der Waals surface area contributed by atoms with Gasteiger partial charge in [-0.2, -0.15) is 4.98 Å². The Morgan fingerprint density at radius 1 is 1.44 bits per heavy atom. The topological polar surface area (TPSA) is 84.2 Å². The molecule has 1 saturated heterocycles. The monoisotopic (exact) mass is 343 g/mol. The molecule has 2 aromatic rings. The van der Waals surface area contributed by atoms with E-state index in [4.69, 9.17) is 4.52 Å². The molecule has 2 aromatic heterocycles. The van der Waals surface area contributed by atoms with E-state index in [0.717, 1.165) is 31.6 Å². The van der Waals surface area contributed by atoms with Crippen molar-refractivity contribution in [3.8, 4) is 0 Å². The Kier molecular flexibility index (Phi) is 5.63. The van der Waals surface area contributed by atoms with Crippen molar-refractivity contribution in [1.82, 2.24) is 20.4 Å². The Hall–Kier alpha value is -2.44. The van der Waals surface area contributed by atoms with Gasteiger partial charge in [0.05, 0.1) is 12.5 Å². The number of aromatic nitrogens is 3. The molecule has 1 fully saturated rings. The molecule has 25 heavy (non-hydrogen) atoms. The Labute approximate surface area is 147 Å². The zero-order valence-electron chi connectivity index (χ0n) is 14.8. The van der Waals surface area contributed by atoms with Crippen LogP contribution in [-0.4, -0.2) is 34.1 Å². The predicted octanol–water partition coefficient (Wildman–Crippen LogP) is 2.20. The lowest BCUT2D eigenvalue weighted by atomic mass is 9.97. The van der Waals surface area contributed by atoms with Gasteiger partial charge in [0, 0.05) is 25.7 Å². The molecule has 7 nitrogen and oxygen atoms in total. The molecule has 3 rings (SSSR count). The van der Waals surface area contributed by atoms with Gasteiger partial charge < -0.3 is 14.7 Å². The lowest BCUT2D eigenvalue weighted by molar-refractivity contribution is -0.125. The summed E-state index contributed by atoms with van der Waals surface area (Å²) in [5.74, 6) is 2.53. The normalized spacial score (nSPS) is 17.7. The number of amides is 1. The number of pyridine rings is 1. The minimum Gasteiger partial charge on any atom is -0.356 e. The fraction of sp³-hybridized carbons (Fsp3) is 0.556. The van der Waals surface area contributed by atoms with E-state index >= 15 is 0 Å². The van der Waals surface area contributed by atoms with Crippen LogP contribution in [0.5, 0.6) is 0 Å². The molecule has 1 amide bonds. The van der Waals surface area contributed by atoms with E-state index in [2.05, 4.69) is 39.2 Å². The predicted molar refractivity (Wildman–Crippen MR) is 93.9 cm³/mol. The third kappa shape index (κ3) is 4.78. The summed E-state index contributed by atoms with van der Waals surface area (Å²) in [6.45, 7) is 6.13. The first-order chi connectivity index (χ1) is 12.1. The van der Waals surface area contributed by atoms with Crippen LogP contribution in [0.4, 0.5) is 5.82 Å². The first-order valence-corrected chi connectivity index (χ1v) is 8.87. The Balaban J connectivity index is 1.51. The van der Waals surface area contributed by atoms with Gasteiger partial charge in [0.25, 0.3) is 0 Å². The van der Waals surface area contributed by atoms with E-state index in [1.807, 2.05) is 18.2 Å². The number of piperidine rings is 1. The number of hydrogen-bond acceptors (Lipinski definition) is 6. The van der Waals surface area contributed by atoms with Crippen molar-refractivity contribution in [2.75, 3.05) is 18.0 Å². The van der Waals surface area contributed by atoms with Crippen LogP contribution in [0, 0.1) is 11.8 Å². The fourth-order valence-electron chi connectivity index (χ4n) is 3.04. The van der Waals surface area contributed by atoms with Crippen molar-refractivity contribution in [2.45, 2.75) is 39.7 Å². The van der Waals surface area contributed by atoms with Gasteiger partial charge in [-0.25, -0.2) is 4.98 Å². The number of rotatable bonds is 6. The molecule has 1 unspecified atom stereocenters. The van der Waals surface area contributed by atoms with Crippen LogP contribution in [0.15, 0.2) is 28.9 Å². The van der Waals surface area contributed by atoms with Crippen molar-refractivity contribution in [3.05, 3.63) is 36.1 Å². The maximum Gasteiger partial charge on any atom is 0.226 e. The lowest BCUT2D eigenvalue weighted by Crippen LogP contribution is -2.43. The second kappa shape index (κ2) is 8.09. The van der Waals surface area contributed by atoms with E-state index in [-0.39, 0.29) is 11.8 Å². The van der Waals surface area contributed by atoms with Crippen molar-refractivity contribution >= 4 is 11.7 Å². The fourth-order valence-corrected chi connectivity index (χ4v) is 3.04. The number of anilines is 1. The first kappa shape index (κ1) is 17.4. The Bertz CT molecular complexity index is 686. The number of carbonyl (C=O) groups is 1. The second-order valence-electron chi connectivity index (χ2n) is 6.89. The van der Waals surface area contributed by atoms with Crippen LogP contribution in [0.1, 0.15) is 38.4 Å². The van der Waals surface area contributed by atoms with Gasteiger partial charge in [0.2, 0.25) is 11.8 Å². The van der Waals surface area contributed by atoms with E-state index < -0.39 is 0 Å². The summed E-state index contributed by atoms with van der Waals surface area (Å²) < 4.78 is 5.20. The van der Waals surface area contributed by atoms with Crippen LogP contribution in [0.25, 0.3) is 0 Å². The molecule has 3 heterocycles. The Morgan fingerprint density at radius 3 is 3.08 bits per heavy atom. The third-order valence-corrected chi connectivity index (χ3v) is 4.28. The second-order valence-corrected chi connectivity index (χ2v) is 6.89. The molecule has 0 aromatic carbocycles. The summed E-state index contributed by atoms with van der Waals surface area (Å²) in [6, 6.07) is 5.85. The molecule has 1 N–H and O–H groups in total. The zero-order valence-corrected chi connectivity index (χ0v) is 14.8. The summed E-state index contributed by atoms with van der Waals surface area (Å²) in [6.07, 6.45) is 4.40. The van der Waals surface area contributed by atoms with E-state index in [9.17, 15) is 4.79 Å². The van der Waals surface area contributed by atoms with Gasteiger partial charge in [-0.15, -0.1) is 0 Å². The molecule has 1 atom stereocenters. The van der Waals surface area contributed by atoms with Crippen LogP contribution >= 0.6 is 0 Å². The van der Waals surface area contributed by atoms with Gasteiger partial charge in [0.1, 0.15) is 5.82 Å². The maximum atomic E-state index is 12.5. The molecular formula is C18H25N5O2. The zero-order chi connectivity index (χ0) is 17.6. The summed E-state index contributed by atoms with van der Waals surface area (Å²) in [5.41, 5.74) is 0. The standard InChI is InChI=1S/C18H25N5O2/c1-13(2)10-17-21-15(22-25-17)11-20-18(24)14-6-5-9-23(12-14)16-7-3-4-8-19-16/h3-4,7-8,13-14H,5-6,9-12H2,1-2H3,(H,20,24). The molecule has 7 heteroatoms. The third-order valence-electron chi connectivity index (χ3n) is 4.28. The van der Waals surface area contributed by atoms with Gasteiger partial charge in [-0.05, 0) is 30.9 Å². The highest BCUT2D eigenvalue weighted by molar-refractivity contribution is 5.79. The van der Waals surface area contributed by atoms with Crippen molar-refractivity contribution < 1.29 is 9.32 Å². The van der Waals surface area contributed by atoms with Gasteiger partial charge >= 0.3 is 0 Å². The molecule has 1 aliphatic heterocycles. The van der Waals surface area contributed by atoms with Gasteiger partial charge in [-0.3, -0.25) is 4.79 Å². The summed E-state index contributed by atoms with van der Waals surface area (Å²) in [5, 5.41) is 6.86. The number of nitrogens with one attached hydrogen (secondary N) is 1. The smallest absolute Gasteiger partial charge is 0.226 e. The quantitative estimate of drug-likeness (QED) is 0.865. The highest BCUT2D eigenvalue weighted by atomic mass is 16.5. The average Bonchev–Trinajstić information content (AvgIpc) is 3.07. The van der Waals surface area contributed by atoms with E-state index in [1.54, 1.807) is 6.20 Å². The largest absolute Gasteiger partial charge is 0.356 e. The molecule has 0 aliphatic carbocycles. The van der Waals surface area contributed by atoms with Crippen molar-refractivity contribution in [1.29, 1.82) is 0 Å².